The summed E-state index contributed by atoms with van der Waals surface area (Å²) in [7, 11) is 0. The van der Waals surface area contributed by atoms with E-state index < -0.39 is 5.60 Å². The molecule has 0 bridgehead atoms. The third kappa shape index (κ3) is 7.73. The first kappa shape index (κ1) is 22.3. The third-order valence-corrected chi connectivity index (χ3v) is 5.59. The lowest BCUT2D eigenvalue weighted by atomic mass is 9.95. The maximum absolute atomic E-state index is 10.4. The summed E-state index contributed by atoms with van der Waals surface area (Å²) in [6.45, 7) is 7.43. The van der Waals surface area contributed by atoms with E-state index in [0.29, 0.717) is 12.6 Å². The summed E-state index contributed by atoms with van der Waals surface area (Å²) >= 11 is 1.97. The largest absolute Gasteiger partial charge is 0.388 e. The van der Waals surface area contributed by atoms with Crippen molar-refractivity contribution in [2.24, 2.45) is 4.99 Å². The van der Waals surface area contributed by atoms with Crippen LogP contribution in [0.1, 0.15) is 59.3 Å². The first-order chi connectivity index (χ1) is 10.1. The number of halogens is 1. The lowest BCUT2D eigenvalue weighted by Gasteiger charge is -2.30. The summed E-state index contributed by atoms with van der Waals surface area (Å²) in [6.07, 6.45) is 8.73. The van der Waals surface area contributed by atoms with Crippen LogP contribution in [0.5, 0.6) is 0 Å². The number of guanidine groups is 1. The zero-order valence-electron chi connectivity index (χ0n) is 14.5. The monoisotopic (exact) mass is 443 g/mol. The Balaban J connectivity index is 0.00000441. The molecule has 0 heterocycles. The second-order valence-electron chi connectivity index (χ2n) is 5.99. The fourth-order valence-corrected chi connectivity index (χ4v) is 3.53. The van der Waals surface area contributed by atoms with Gasteiger partial charge in [-0.25, -0.2) is 0 Å². The first-order valence-electron chi connectivity index (χ1n) is 8.36. The van der Waals surface area contributed by atoms with Crippen molar-refractivity contribution < 1.29 is 5.11 Å². The second-order valence-corrected chi connectivity index (χ2v) is 7.13. The fourth-order valence-electron chi connectivity index (χ4n) is 2.70. The van der Waals surface area contributed by atoms with Crippen LogP contribution in [0.2, 0.25) is 0 Å². The molecule has 0 aromatic rings. The Morgan fingerprint density at radius 3 is 2.50 bits per heavy atom. The topological polar surface area (TPSA) is 56.7 Å². The van der Waals surface area contributed by atoms with Gasteiger partial charge in [0, 0.05) is 17.8 Å². The van der Waals surface area contributed by atoms with Gasteiger partial charge in [-0.3, -0.25) is 4.99 Å². The molecular weight excluding hydrogens is 409 g/mol. The molecule has 0 saturated heterocycles. The van der Waals surface area contributed by atoms with Gasteiger partial charge in [0.25, 0.3) is 0 Å². The average Bonchev–Trinajstić information content (AvgIpc) is 2.52. The van der Waals surface area contributed by atoms with Gasteiger partial charge in [0.15, 0.2) is 5.96 Å². The summed E-state index contributed by atoms with van der Waals surface area (Å²) in [5, 5.41) is 18.0. The highest BCUT2D eigenvalue weighted by molar-refractivity contribution is 14.0. The number of nitrogens with one attached hydrogen (secondary N) is 2. The van der Waals surface area contributed by atoms with Crippen molar-refractivity contribution in [3.05, 3.63) is 0 Å². The smallest absolute Gasteiger partial charge is 0.191 e. The minimum atomic E-state index is -0.670. The van der Waals surface area contributed by atoms with Gasteiger partial charge >= 0.3 is 0 Å². The highest BCUT2D eigenvalue weighted by Gasteiger charge is 2.24. The van der Waals surface area contributed by atoms with E-state index in [-0.39, 0.29) is 24.0 Å². The standard InChI is InChI=1S/C16H33N3OS.HI/c1-5-16(20,6-2)12-18-15(17-7-3)19-13-9-8-10-14(11-13)21-4;/h13-14,20H,5-12H2,1-4H3,(H2,17,18,19);1H. The molecule has 2 atom stereocenters. The van der Waals surface area contributed by atoms with Crippen LogP contribution in [0.25, 0.3) is 0 Å². The van der Waals surface area contributed by atoms with Gasteiger partial charge in [-0.1, -0.05) is 20.3 Å². The van der Waals surface area contributed by atoms with E-state index in [9.17, 15) is 5.11 Å². The lowest BCUT2D eigenvalue weighted by molar-refractivity contribution is 0.0417. The Labute approximate surface area is 157 Å². The summed E-state index contributed by atoms with van der Waals surface area (Å²) in [4.78, 5) is 4.61. The minimum absolute atomic E-state index is 0. The number of hydrogen-bond donors (Lipinski definition) is 3. The molecule has 1 fully saturated rings. The van der Waals surface area contributed by atoms with Crippen LogP contribution in [-0.2, 0) is 0 Å². The SMILES string of the molecule is CCNC(=NCC(O)(CC)CC)NC1CCCC(SC)C1.I. The quantitative estimate of drug-likeness (QED) is 0.321. The molecule has 1 saturated carbocycles. The molecule has 0 aromatic heterocycles. The first-order valence-corrected chi connectivity index (χ1v) is 9.65. The number of thioether (sulfide) groups is 1. The number of nitrogens with zero attached hydrogens (tertiary/aromatic N) is 1. The van der Waals surface area contributed by atoms with E-state index in [1.54, 1.807) is 0 Å². The lowest BCUT2D eigenvalue weighted by Crippen LogP contribution is -2.46. The zero-order chi connectivity index (χ0) is 15.7. The van der Waals surface area contributed by atoms with E-state index in [1.165, 1.54) is 25.7 Å². The van der Waals surface area contributed by atoms with E-state index in [2.05, 4.69) is 28.8 Å². The van der Waals surface area contributed by atoms with Crippen LogP contribution in [0, 0.1) is 0 Å². The molecule has 132 valence electrons. The van der Waals surface area contributed by atoms with Crippen molar-refractivity contribution in [2.75, 3.05) is 19.3 Å². The molecule has 0 radical (unpaired) electrons. The highest BCUT2D eigenvalue weighted by Crippen LogP contribution is 2.26. The van der Waals surface area contributed by atoms with E-state index in [1.807, 2.05) is 25.6 Å². The van der Waals surface area contributed by atoms with Gasteiger partial charge in [-0.05, 0) is 45.3 Å². The molecule has 1 aliphatic carbocycles. The number of aliphatic imine (C=N–C) groups is 1. The van der Waals surface area contributed by atoms with Gasteiger partial charge in [0.05, 0.1) is 12.1 Å². The average molecular weight is 443 g/mol. The molecular formula is C16H34IN3OS. The van der Waals surface area contributed by atoms with Crippen molar-refractivity contribution in [2.45, 2.75) is 76.2 Å². The van der Waals surface area contributed by atoms with Crippen LogP contribution in [0.15, 0.2) is 4.99 Å². The maximum atomic E-state index is 10.4. The molecule has 1 aliphatic rings. The van der Waals surface area contributed by atoms with Crippen LogP contribution < -0.4 is 10.6 Å². The van der Waals surface area contributed by atoms with Crippen molar-refractivity contribution in [1.29, 1.82) is 0 Å². The van der Waals surface area contributed by atoms with Gasteiger partial charge < -0.3 is 15.7 Å². The fraction of sp³-hybridized carbons (Fsp3) is 0.938. The molecule has 0 spiro atoms. The van der Waals surface area contributed by atoms with Crippen LogP contribution in [0.4, 0.5) is 0 Å². The summed E-state index contributed by atoms with van der Waals surface area (Å²) < 4.78 is 0. The van der Waals surface area contributed by atoms with Crippen molar-refractivity contribution in [3.8, 4) is 0 Å². The molecule has 2 unspecified atom stereocenters. The Morgan fingerprint density at radius 1 is 1.27 bits per heavy atom. The van der Waals surface area contributed by atoms with Crippen LogP contribution >= 0.6 is 35.7 Å². The van der Waals surface area contributed by atoms with Gasteiger partial charge in [0.2, 0.25) is 0 Å². The highest BCUT2D eigenvalue weighted by atomic mass is 127. The van der Waals surface area contributed by atoms with E-state index >= 15 is 0 Å². The molecule has 0 aromatic carbocycles. The Hall–Kier alpha value is 0.310. The number of hydrogen-bond acceptors (Lipinski definition) is 3. The second kappa shape index (κ2) is 11.8. The zero-order valence-corrected chi connectivity index (χ0v) is 17.7. The minimum Gasteiger partial charge on any atom is -0.388 e. The van der Waals surface area contributed by atoms with E-state index in [0.717, 1.165) is 30.6 Å². The molecule has 1 rings (SSSR count). The third-order valence-electron chi connectivity index (χ3n) is 4.49. The molecule has 6 heteroatoms. The summed E-state index contributed by atoms with van der Waals surface area (Å²) in [5.41, 5.74) is -0.670. The predicted molar refractivity (Wildman–Crippen MR) is 110 cm³/mol. The summed E-state index contributed by atoms with van der Waals surface area (Å²) in [6, 6.07) is 0.505. The van der Waals surface area contributed by atoms with Gasteiger partial charge in [0.1, 0.15) is 0 Å². The van der Waals surface area contributed by atoms with Gasteiger partial charge in [-0.2, -0.15) is 11.8 Å². The van der Waals surface area contributed by atoms with Crippen LogP contribution in [-0.4, -0.2) is 47.3 Å². The number of aliphatic hydroxyl groups is 1. The van der Waals surface area contributed by atoms with Gasteiger partial charge in [-0.15, -0.1) is 24.0 Å². The number of rotatable bonds is 7. The molecule has 3 N–H and O–H groups in total. The van der Waals surface area contributed by atoms with Crippen molar-refractivity contribution in [3.63, 3.8) is 0 Å². The molecule has 0 aliphatic heterocycles. The normalized spacial score (nSPS) is 22.9. The predicted octanol–water partition coefficient (Wildman–Crippen LogP) is 3.38. The van der Waals surface area contributed by atoms with Crippen molar-refractivity contribution in [1.82, 2.24) is 10.6 Å². The van der Waals surface area contributed by atoms with E-state index in [4.69, 9.17) is 0 Å². The Kier molecular flexibility index (Phi) is 12.0. The molecule has 4 nitrogen and oxygen atoms in total. The maximum Gasteiger partial charge on any atom is 0.191 e. The van der Waals surface area contributed by atoms with Crippen LogP contribution in [0.3, 0.4) is 0 Å². The Bertz CT molecular complexity index is 325. The molecule has 22 heavy (non-hydrogen) atoms. The van der Waals surface area contributed by atoms with Crippen molar-refractivity contribution >= 4 is 41.7 Å². The molecule has 0 amide bonds. The Morgan fingerprint density at radius 2 is 1.95 bits per heavy atom. The summed E-state index contributed by atoms with van der Waals surface area (Å²) in [5.74, 6) is 0.851.